The van der Waals surface area contributed by atoms with Gasteiger partial charge in [-0.25, -0.2) is 9.48 Å². The molecule has 2 N–H and O–H groups in total. The van der Waals surface area contributed by atoms with Gasteiger partial charge in [-0.15, -0.1) is 0 Å². The number of carboxylic acids is 1. The van der Waals surface area contributed by atoms with Crippen molar-refractivity contribution in [2.24, 2.45) is 0 Å². The van der Waals surface area contributed by atoms with Gasteiger partial charge < -0.3 is 15.2 Å². The summed E-state index contributed by atoms with van der Waals surface area (Å²) >= 11 is 0. The van der Waals surface area contributed by atoms with Gasteiger partial charge >= 0.3 is 5.97 Å². The molecule has 0 bridgehead atoms. The molecular formula is C25H20N4O4. The van der Waals surface area contributed by atoms with Gasteiger partial charge in [0.15, 0.2) is 11.5 Å². The first-order valence-electron chi connectivity index (χ1n) is 10.5. The highest BCUT2D eigenvalue weighted by molar-refractivity contribution is 5.87. The van der Waals surface area contributed by atoms with Gasteiger partial charge in [0.05, 0.1) is 12.2 Å². The average Bonchev–Trinajstić information content (AvgIpc) is 2.84. The number of nitrogens with zero attached hydrogens (tertiary/aromatic N) is 3. The Labute approximate surface area is 189 Å². The van der Waals surface area contributed by atoms with E-state index in [1.807, 2.05) is 31.2 Å². The summed E-state index contributed by atoms with van der Waals surface area (Å²) in [7, 11) is 0. The Morgan fingerprint density at radius 1 is 1.06 bits per heavy atom. The van der Waals surface area contributed by atoms with E-state index in [0.29, 0.717) is 23.7 Å². The van der Waals surface area contributed by atoms with Crippen molar-refractivity contribution in [2.75, 3.05) is 11.9 Å². The van der Waals surface area contributed by atoms with Crippen LogP contribution in [0.5, 0.6) is 5.75 Å². The lowest BCUT2D eigenvalue weighted by molar-refractivity contribution is 0.0697. The number of para-hydroxylation sites is 1. The molecule has 5 rings (SSSR count). The molecule has 0 amide bonds. The van der Waals surface area contributed by atoms with Gasteiger partial charge in [-0.3, -0.25) is 4.79 Å². The number of nitrogens with one attached hydrogen (secondary N) is 1. The van der Waals surface area contributed by atoms with E-state index in [0.717, 1.165) is 16.8 Å². The summed E-state index contributed by atoms with van der Waals surface area (Å²) in [5.74, 6) is 0.153. The Balaban J connectivity index is 1.65. The standard InChI is InChI=1S/C25H20N4O4/c1-2-33-18-13-11-15(12-14-18)21-24(30)27-23-19-5-3-4-6-20(19)26-22(29(23)28-21)16-7-9-17(10-8-16)25(31)32/h3-14,22,26H,2H2,1H3,(H,31,32). The van der Waals surface area contributed by atoms with E-state index in [1.165, 1.54) is 0 Å². The number of rotatable bonds is 5. The fraction of sp³-hybridized carbons (Fsp3) is 0.120. The van der Waals surface area contributed by atoms with Crippen molar-refractivity contribution in [3.8, 4) is 28.4 Å². The summed E-state index contributed by atoms with van der Waals surface area (Å²) < 4.78 is 7.16. The van der Waals surface area contributed by atoms with Gasteiger partial charge in [-0.1, -0.05) is 24.3 Å². The lowest BCUT2D eigenvalue weighted by Crippen LogP contribution is -2.32. The monoisotopic (exact) mass is 440 g/mol. The maximum absolute atomic E-state index is 13.0. The second-order valence-corrected chi connectivity index (χ2v) is 7.51. The fourth-order valence-electron chi connectivity index (χ4n) is 3.86. The summed E-state index contributed by atoms with van der Waals surface area (Å²) in [6, 6.07) is 21.3. The largest absolute Gasteiger partial charge is 0.494 e. The van der Waals surface area contributed by atoms with Gasteiger partial charge in [0.2, 0.25) is 0 Å². The Morgan fingerprint density at radius 2 is 1.79 bits per heavy atom. The van der Waals surface area contributed by atoms with Crippen LogP contribution in [0, 0.1) is 0 Å². The van der Waals surface area contributed by atoms with E-state index in [9.17, 15) is 14.7 Å². The van der Waals surface area contributed by atoms with Crippen LogP contribution >= 0.6 is 0 Å². The molecule has 0 saturated heterocycles. The van der Waals surface area contributed by atoms with E-state index in [1.54, 1.807) is 53.2 Å². The van der Waals surface area contributed by atoms with Gasteiger partial charge in [0.1, 0.15) is 11.9 Å². The van der Waals surface area contributed by atoms with Crippen molar-refractivity contribution in [3.63, 3.8) is 0 Å². The van der Waals surface area contributed by atoms with Crippen LogP contribution in [0.3, 0.4) is 0 Å². The van der Waals surface area contributed by atoms with E-state index >= 15 is 0 Å². The summed E-state index contributed by atoms with van der Waals surface area (Å²) in [4.78, 5) is 28.6. The third-order valence-corrected chi connectivity index (χ3v) is 5.45. The third-order valence-electron chi connectivity index (χ3n) is 5.45. The molecule has 4 aromatic rings. The smallest absolute Gasteiger partial charge is 0.335 e. The summed E-state index contributed by atoms with van der Waals surface area (Å²) in [5, 5.41) is 17.4. The predicted octanol–water partition coefficient (Wildman–Crippen LogP) is 4.04. The number of carbonyl (C=O) groups is 1. The van der Waals surface area contributed by atoms with Gasteiger partial charge in [-0.05, 0) is 61.0 Å². The molecule has 0 aliphatic carbocycles. The van der Waals surface area contributed by atoms with E-state index in [2.05, 4.69) is 10.3 Å². The number of fused-ring (bicyclic) bond motifs is 3. The molecule has 33 heavy (non-hydrogen) atoms. The molecule has 3 aromatic carbocycles. The SMILES string of the molecule is CCOc1ccc(-c2nn3c(nc2=O)-c2ccccc2NC3c2ccc(C(=O)O)cc2)cc1. The minimum Gasteiger partial charge on any atom is -0.494 e. The first kappa shape index (κ1) is 20.4. The minimum absolute atomic E-state index is 0.191. The molecule has 0 fully saturated rings. The van der Waals surface area contributed by atoms with Gasteiger partial charge in [0.25, 0.3) is 5.56 Å². The van der Waals surface area contributed by atoms with Gasteiger partial charge in [0, 0.05) is 16.8 Å². The van der Waals surface area contributed by atoms with Crippen molar-refractivity contribution in [2.45, 2.75) is 13.1 Å². The zero-order valence-corrected chi connectivity index (χ0v) is 17.7. The number of hydrogen-bond acceptors (Lipinski definition) is 6. The lowest BCUT2D eigenvalue weighted by atomic mass is 10.0. The lowest BCUT2D eigenvalue weighted by Gasteiger charge is -2.30. The highest BCUT2D eigenvalue weighted by Gasteiger charge is 2.28. The zero-order chi connectivity index (χ0) is 22.9. The molecule has 8 nitrogen and oxygen atoms in total. The number of aromatic nitrogens is 3. The van der Waals surface area contributed by atoms with Crippen molar-refractivity contribution in [1.82, 2.24) is 14.8 Å². The molecular weight excluding hydrogens is 420 g/mol. The zero-order valence-electron chi connectivity index (χ0n) is 17.7. The predicted molar refractivity (Wildman–Crippen MR) is 123 cm³/mol. The van der Waals surface area contributed by atoms with Crippen molar-refractivity contribution < 1.29 is 14.6 Å². The molecule has 1 aliphatic rings. The minimum atomic E-state index is -0.995. The first-order chi connectivity index (χ1) is 16.0. The van der Waals surface area contributed by atoms with Crippen LogP contribution in [0.1, 0.15) is 29.0 Å². The number of ether oxygens (including phenoxy) is 1. The van der Waals surface area contributed by atoms with Crippen LogP contribution in [0.25, 0.3) is 22.6 Å². The Kier molecular flexibility index (Phi) is 5.10. The number of aromatic carboxylic acids is 1. The Morgan fingerprint density at radius 3 is 2.48 bits per heavy atom. The van der Waals surface area contributed by atoms with Crippen LogP contribution in [0.4, 0.5) is 5.69 Å². The molecule has 0 spiro atoms. The molecule has 0 saturated carbocycles. The van der Waals surface area contributed by atoms with Gasteiger partial charge in [-0.2, -0.15) is 10.1 Å². The van der Waals surface area contributed by atoms with Crippen LogP contribution in [0.15, 0.2) is 77.6 Å². The molecule has 164 valence electrons. The van der Waals surface area contributed by atoms with Crippen LogP contribution in [-0.2, 0) is 0 Å². The quantitative estimate of drug-likeness (QED) is 0.482. The number of anilines is 1. The Hall–Kier alpha value is -4.46. The van der Waals surface area contributed by atoms with Crippen molar-refractivity contribution in [3.05, 3.63) is 94.3 Å². The molecule has 8 heteroatoms. The maximum Gasteiger partial charge on any atom is 0.335 e. The van der Waals surface area contributed by atoms with E-state index in [4.69, 9.17) is 9.84 Å². The third kappa shape index (κ3) is 3.71. The summed E-state index contributed by atoms with van der Waals surface area (Å²) in [6.45, 7) is 2.46. The number of carboxylic acid groups (broad SMARTS) is 1. The topological polar surface area (TPSA) is 106 Å². The van der Waals surface area contributed by atoms with Crippen LogP contribution in [-0.4, -0.2) is 32.4 Å². The summed E-state index contributed by atoms with van der Waals surface area (Å²) in [6.07, 6.45) is -0.479. The fourth-order valence-corrected chi connectivity index (χ4v) is 3.86. The summed E-state index contributed by atoms with van der Waals surface area (Å²) in [5.41, 5.74) is 2.97. The van der Waals surface area contributed by atoms with Crippen molar-refractivity contribution >= 4 is 11.7 Å². The number of hydrogen-bond donors (Lipinski definition) is 2. The van der Waals surface area contributed by atoms with Crippen LogP contribution in [0.2, 0.25) is 0 Å². The highest BCUT2D eigenvalue weighted by Crippen LogP contribution is 2.36. The molecule has 2 heterocycles. The molecule has 1 aliphatic heterocycles. The maximum atomic E-state index is 13.0. The second-order valence-electron chi connectivity index (χ2n) is 7.51. The molecule has 1 aromatic heterocycles. The average molecular weight is 440 g/mol. The van der Waals surface area contributed by atoms with E-state index < -0.39 is 17.7 Å². The molecule has 1 atom stereocenters. The van der Waals surface area contributed by atoms with E-state index in [-0.39, 0.29) is 11.3 Å². The number of benzene rings is 3. The normalized spacial score (nSPS) is 14.0. The Bertz CT molecular complexity index is 1400. The van der Waals surface area contributed by atoms with Crippen molar-refractivity contribution in [1.29, 1.82) is 0 Å². The molecule has 1 unspecified atom stereocenters. The highest BCUT2D eigenvalue weighted by atomic mass is 16.5. The molecule has 0 radical (unpaired) electrons. The second kappa shape index (κ2) is 8.23. The first-order valence-corrected chi connectivity index (χ1v) is 10.5. The van der Waals surface area contributed by atoms with Crippen LogP contribution < -0.4 is 15.6 Å².